The Kier molecular flexibility index (Phi) is 5.70. The van der Waals surface area contributed by atoms with Gasteiger partial charge in [0.2, 0.25) is 0 Å². The van der Waals surface area contributed by atoms with Gasteiger partial charge in [-0.3, -0.25) is 19.5 Å². The smallest absolute Gasteiger partial charge is 0.325 e. The first-order valence-corrected chi connectivity index (χ1v) is 9.03. The summed E-state index contributed by atoms with van der Waals surface area (Å²) >= 11 is 0. The molecule has 0 bridgehead atoms. The van der Waals surface area contributed by atoms with E-state index in [1.165, 1.54) is 6.20 Å². The maximum atomic E-state index is 12.5. The predicted octanol–water partition coefficient (Wildman–Crippen LogP) is 0.0725. The zero-order valence-corrected chi connectivity index (χ0v) is 14.5. The van der Waals surface area contributed by atoms with Crippen LogP contribution in [0.15, 0.2) is 15.8 Å². The highest BCUT2D eigenvalue weighted by Gasteiger charge is 2.37. The van der Waals surface area contributed by atoms with Gasteiger partial charge in [-0.05, 0) is 25.2 Å². The van der Waals surface area contributed by atoms with Crippen LogP contribution in [-0.4, -0.2) is 59.2 Å². The molecule has 2 saturated heterocycles. The normalized spacial score (nSPS) is 25.2. The van der Waals surface area contributed by atoms with Crippen molar-refractivity contribution in [3.63, 3.8) is 0 Å². The molecule has 1 aromatic rings. The maximum Gasteiger partial charge on any atom is 0.325 e. The lowest BCUT2D eigenvalue weighted by atomic mass is 9.98. The molecule has 0 aliphatic carbocycles. The van der Waals surface area contributed by atoms with Crippen LogP contribution in [0.5, 0.6) is 0 Å². The van der Waals surface area contributed by atoms with Gasteiger partial charge in [-0.2, -0.15) is 0 Å². The molecule has 1 aromatic heterocycles. The van der Waals surface area contributed by atoms with Gasteiger partial charge < -0.3 is 15.0 Å². The fourth-order valence-electron chi connectivity index (χ4n) is 3.90. The molecule has 3 N–H and O–H groups in total. The summed E-state index contributed by atoms with van der Waals surface area (Å²) in [5.41, 5.74) is -1.33. The average molecular weight is 350 g/mol. The van der Waals surface area contributed by atoms with Crippen molar-refractivity contribution in [2.45, 2.75) is 44.7 Å². The van der Waals surface area contributed by atoms with E-state index in [0.717, 1.165) is 52.0 Å². The van der Waals surface area contributed by atoms with Crippen molar-refractivity contribution in [1.29, 1.82) is 0 Å². The minimum absolute atomic E-state index is 0.0154. The molecule has 3 heterocycles. The number of nitrogens with one attached hydrogen (secondary N) is 3. The van der Waals surface area contributed by atoms with Crippen LogP contribution in [0.3, 0.4) is 0 Å². The Morgan fingerprint density at radius 2 is 2.08 bits per heavy atom. The molecule has 3 rings (SSSR count). The van der Waals surface area contributed by atoms with Gasteiger partial charge in [-0.15, -0.1) is 0 Å². The van der Waals surface area contributed by atoms with Crippen LogP contribution >= 0.6 is 0 Å². The summed E-state index contributed by atoms with van der Waals surface area (Å²) < 4.78 is 5.44. The fourth-order valence-corrected chi connectivity index (χ4v) is 3.90. The molecule has 2 aliphatic heterocycles. The van der Waals surface area contributed by atoms with Gasteiger partial charge in [0.05, 0.1) is 0 Å². The van der Waals surface area contributed by atoms with Crippen LogP contribution < -0.4 is 16.6 Å². The SMILES string of the molecule is CCC[C@H]1CN(C2CCOCC2)C[C@@H]1NC(=O)c1c[nH]c(=O)[nH]c1=O. The highest BCUT2D eigenvalue weighted by atomic mass is 16.5. The van der Waals surface area contributed by atoms with Crippen molar-refractivity contribution in [2.24, 2.45) is 5.92 Å². The summed E-state index contributed by atoms with van der Waals surface area (Å²) in [5.74, 6) is -0.0592. The topological polar surface area (TPSA) is 107 Å². The molecule has 0 aromatic carbocycles. The Bertz CT molecular complexity index is 707. The Hall–Kier alpha value is -1.93. The molecule has 8 nitrogen and oxygen atoms in total. The highest BCUT2D eigenvalue weighted by molar-refractivity contribution is 5.93. The van der Waals surface area contributed by atoms with Crippen molar-refractivity contribution in [3.8, 4) is 0 Å². The molecule has 138 valence electrons. The van der Waals surface area contributed by atoms with Crippen LogP contribution in [-0.2, 0) is 4.74 Å². The molecule has 0 spiro atoms. The number of aromatic amines is 2. The second-order valence-corrected chi connectivity index (χ2v) is 6.91. The number of rotatable bonds is 5. The van der Waals surface area contributed by atoms with Gasteiger partial charge >= 0.3 is 5.69 Å². The van der Waals surface area contributed by atoms with E-state index < -0.39 is 17.2 Å². The van der Waals surface area contributed by atoms with Gasteiger partial charge in [0, 0.05) is 44.6 Å². The third kappa shape index (κ3) is 4.19. The van der Waals surface area contributed by atoms with Gasteiger partial charge in [-0.1, -0.05) is 13.3 Å². The first kappa shape index (κ1) is 17.9. The second kappa shape index (κ2) is 7.97. The number of ether oxygens (including phenoxy) is 1. The van der Waals surface area contributed by atoms with Gasteiger partial charge in [-0.25, -0.2) is 4.79 Å². The molecule has 0 unspecified atom stereocenters. The van der Waals surface area contributed by atoms with E-state index in [-0.39, 0.29) is 11.6 Å². The molecule has 2 fully saturated rings. The Morgan fingerprint density at radius 3 is 2.76 bits per heavy atom. The molecule has 0 saturated carbocycles. The van der Waals surface area contributed by atoms with E-state index in [0.29, 0.717) is 12.0 Å². The summed E-state index contributed by atoms with van der Waals surface area (Å²) in [7, 11) is 0. The van der Waals surface area contributed by atoms with Crippen molar-refractivity contribution >= 4 is 5.91 Å². The summed E-state index contributed by atoms with van der Waals surface area (Å²) in [4.78, 5) is 42.3. The Morgan fingerprint density at radius 1 is 1.32 bits per heavy atom. The van der Waals surface area contributed by atoms with E-state index >= 15 is 0 Å². The van der Waals surface area contributed by atoms with Crippen molar-refractivity contribution in [2.75, 3.05) is 26.3 Å². The Balaban J connectivity index is 1.69. The molecular formula is C17H26N4O4. The number of hydrogen-bond acceptors (Lipinski definition) is 5. The molecule has 1 amide bonds. The largest absolute Gasteiger partial charge is 0.381 e. The first-order chi connectivity index (χ1) is 12.1. The van der Waals surface area contributed by atoms with Gasteiger partial charge in [0.25, 0.3) is 11.5 Å². The standard InChI is InChI=1S/C17H26N4O4/c1-2-3-11-9-21(12-4-6-25-7-5-12)10-14(11)19-15(22)13-8-18-17(24)20-16(13)23/h8,11-12,14H,2-7,9-10H2,1H3,(H,19,22)(H2,18,20,23,24)/t11-,14-/m0/s1. The second-order valence-electron chi connectivity index (χ2n) is 6.91. The van der Waals surface area contributed by atoms with Crippen LogP contribution in [0.2, 0.25) is 0 Å². The third-order valence-corrected chi connectivity index (χ3v) is 5.22. The van der Waals surface area contributed by atoms with E-state index in [1.54, 1.807) is 0 Å². The number of carbonyl (C=O) groups excluding carboxylic acids is 1. The number of nitrogens with zero attached hydrogens (tertiary/aromatic N) is 1. The molecule has 2 aliphatic rings. The van der Waals surface area contributed by atoms with E-state index in [1.807, 2.05) is 0 Å². The lowest BCUT2D eigenvalue weighted by Gasteiger charge is -2.31. The minimum atomic E-state index is -0.660. The lowest BCUT2D eigenvalue weighted by molar-refractivity contribution is 0.0405. The Labute approximate surface area is 146 Å². The number of aromatic nitrogens is 2. The maximum absolute atomic E-state index is 12.5. The lowest BCUT2D eigenvalue weighted by Crippen LogP contribution is -2.44. The number of H-pyrrole nitrogens is 2. The quantitative estimate of drug-likeness (QED) is 0.697. The van der Waals surface area contributed by atoms with Crippen LogP contribution in [0.25, 0.3) is 0 Å². The molecule has 0 radical (unpaired) electrons. The molecule has 8 heteroatoms. The monoisotopic (exact) mass is 350 g/mol. The predicted molar refractivity (Wildman–Crippen MR) is 92.7 cm³/mol. The number of likely N-dealkylation sites (tertiary alicyclic amines) is 1. The average Bonchev–Trinajstić information content (AvgIpc) is 2.98. The minimum Gasteiger partial charge on any atom is -0.381 e. The van der Waals surface area contributed by atoms with E-state index in [9.17, 15) is 14.4 Å². The third-order valence-electron chi connectivity index (χ3n) is 5.22. The van der Waals surface area contributed by atoms with Crippen molar-refractivity contribution in [3.05, 3.63) is 32.6 Å². The van der Waals surface area contributed by atoms with Crippen molar-refractivity contribution in [1.82, 2.24) is 20.2 Å². The summed E-state index contributed by atoms with van der Waals surface area (Å²) in [5, 5.41) is 3.01. The van der Waals surface area contributed by atoms with E-state index in [2.05, 4.69) is 27.1 Å². The van der Waals surface area contributed by atoms with Crippen LogP contribution in [0.1, 0.15) is 43.0 Å². The first-order valence-electron chi connectivity index (χ1n) is 9.03. The summed E-state index contributed by atoms with van der Waals surface area (Å²) in [6.07, 6.45) is 5.32. The van der Waals surface area contributed by atoms with E-state index in [4.69, 9.17) is 4.74 Å². The zero-order chi connectivity index (χ0) is 17.8. The van der Waals surface area contributed by atoms with Crippen LogP contribution in [0.4, 0.5) is 0 Å². The number of carbonyl (C=O) groups is 1. The van der Waals surface area contributed by atoms with Gasteiger partial charge in [0.1, 0.15) is 5.56 Å². The highest BCUT2D eigenvalue weighted by Crippen LogP contribution is 2.27. The fraction of sp³-hybridized carbons (Fsp3) is 0.706. The number of hydrogen-bond donors (Lipinski definition) is 3. The molecular weight excluding hydrogens is 324 g/mol. The van der Waals surface area contributed by atoms with Gasteiger partial charge in [0.15, 0.2) is 0 Å². The summed E-state index contributed by atoms with van der Waals surface area (Å²) in [6, 6.07) is 0.521. The zero-order valence-electron chi connectivity index (χ0n) is 14.5. The molecule has 2 atom stereocenters. The summed E-state index contributed by atoms with van der Waals surface area (Å²) in [6.45, 7) is 5.49. The molecule has 25 heavy (non-hydrogen) atoms. The van der Waals surface area contributed by atoms with Crippen LogP contribution in [0, 0.1) is 5.92 Å². The van der Waals surface area contributed by atoms with Crippen molar-refractivity contribution < 1.29 is 9.53 Å². The number of amides is 1.